The molecule has 0 unspecified atom stereocenters. The topological polar surface area (TPSA) is 61.0 Å². The van der Waals surface area contributed by atoms with Crippen LogP contribution in [-0.2, 0) is 12.7 Å². The van der Waals surface area contributed by atoms with Crippen molar-refractivity contribution in [1.82, 2.24) is 9.97 Å². The van der Waals surface area contributed by atoms with Crippen molar-refractivity contribution in [3.8, 4) is 5.88 Å². The van der Waals surface area contributed by atoms with Crippen molar-refractivity contribution in [2.24, 2.45) is 5.73 Å². The molecular weight excluding hydrogens is 211 g/mol. The van der Waals surface area contributed by atoms with Crippen LogP contribution >= 0.6 is 0 Å². The Hall–Kier alpha value is -1.37. The Morgan fingerprint density at radius 3 is 2.33 bits per heavy atom. The van der Waals surface area contributed by atoms with Crippen LogP contribution in [0.15, 0.2) is 0 Å². The minimum absolute atomic E-state index is 0.00336. The van der Waals surface area contributed by atoms with Gasteiger partial charge in [-0.2, -0.15) is 18.2 Å². The Morgan fingerprint density at radius 1 is 1.33 bits per heavy atom. The van der Waals surface area contributed by atoms with Crippen molar-refractivity contribution < 1.29 is 17.9 Å². The van der Waals surface area contributed by atoms with Crippen molar-refractivity contribution in [1.29, 1.82) is 0 Å². The lowest BCUT2D eigenvalue weighted by atomic mass is 10.2. The summed E-state index contributed by atoms with van der Waals surface area (Å²) >= 11 is 0. The largest absolute Gasteiger partial charge is 0.481 e. The fourth-order valence-corrected chi connectivity index (χ4v) is 1.16. The fraction of sp³-hybridized carbons (Fsp3) is 0.500. The molecule has 1 aromatic rings. The molecule has 0 radical (unpaired) electrons. The molecule has 0 saturated heterocycles. The number of hydrogen-bond acceptors (Lipinski definition) is 4. The number of aromatic nitrogens is 2. The van der Waals surface area contributed by atoms with Crippen LogP contribution in [0.2, 0.25) is 0 Å². The van der Waals surface area contributed by atoms with Gasteiger partial charge in [0.2, 0.25) is 5.88 Å². The summed E-state index contributed by atoms with van der Waals surface area (Å²) in [6, 6.07) is 0. The molecule has 0 aliphatic carbocycles. The zero-order valence-electron chi connectivity index (χ0n) is 8.22. The minimum atomic E-state index is -4.55. The molecule has 0 saturated carbocycles. The van der Waals surface area contributed by atoms with Crippen LogP contribution in [-0.4, -0.2) is 17.1 Å². The third kappa shape index (κ3) is 2.35. The van der Waals surface area contributed by atoms with Gasteiger partial charge in [-0.05, 0) is 6.92 Å². The lowest BCUT2D eigenvalue weighted by molar-refractivity contribution is -0.142. The molecule has 4 nitrogen and oxygen atoms in total. The number of nitrogens with two attached hydrogens (primary N) is 1. The van der Waals surface area contributed by atoms with Crippen LogP contribution < -0.4 is 10.5 Å². The highest BCUT2D eigenvalue weighted by Crippen LogP contribution is 2.33. The molecule has 0 amide bonds. The smallest absolute Gasteiger partial charge is 0.433 e. The number of halogens is 3. The first-order valence-corrected chi connectivity index (χ1v) is 4.09. The maximum absolute atomic E-state index is 12.5. The van der Waals surface area contributed by atoms with Crippen molar-refractivity contribution in [2.45, 2.75) is 19.6 Å². The molecule has 0 spiro atoms. The zero-order valence-corrected chi connectivity index (χ0v) is 8.22. The highest BCUT2D eigenvalue weighted by atomic mass is 19.4. The van der Waals surface area contributed by atoms with Gasteiger partial charge >= 0.3 is 6.18 Å². The first kappa shape index (κ1) is 11.7. The Balaban J connectivity index is 3.42. The predicted molar refractivity (Wildman–Crippen MR) is 46.2 cm³/mol. The van der Waals surface area contributed by atoms with Gasteiger partial charge in [0.1, 0.15) is 5.82 Å². The molecule has 0 fully saturated rings. The number of ether oxygens (including phenoxy) is 1. The molecule has 1 heterocycles. The van der Waals surface area contributed by atoms with E-state index in [4.69, 9.17) is 10.5 Å². The van der Waals surface area contributed by atoms with Gasteiger partial charge in [-0.15, -0.1) is 0 Å². The van der Waals surface area contributed by atoms with Gasteiger partial charge in [-0.1, -0.05) is 0 Å². The molecule has 0 aliphatic heterocycles. The summed E-state index contributed by atoms with van der Waals surface area (Å²) in [6.45, 7) is 1.04. The van der Waals surface area contributed by atoms with E-state index in [1.807, 2.05) is 0 Å². The quantitative estimate of drug-likeness (QED) is 0.816. The summed E-state index contributed by atoms with van der Waals surface area (Å²) in [4.78, 5) is 7.05. The number of hydrogen-bond donors (Lipinski definition) is 1. The third-order valence-corrected chi connectivity index (χ3v) is 1.75. The van der Waals surface area contributed by atoms with E-state index in [2.05, 4.69) is 9.97 Å². The summed E-state index contributed by atoms with van der Waals surface area (Å²) in [7, 11) is 1.24. The zero-order chi connectivity index (χ0) is 11.6. The van der Waals surface area contributed by atoms with Crippen molar-refractivity contribution in [3.63, 3.8) is 0 Å². The van der Waals surface area contributed by atoms with E-state index in [-0.39, 0.29) is 23.8 Å². The molecule has 0 bridgehead atoms. The summed E-state index contributed by atoms with van der Waals surface area (Å²) in [5.41, 5.74) is 3.95. The molecule has 0 aromatic carbocycles. The normalized spacial score (nSPS) is 11.6. The van der Waals surface area contributed by atoms with E-state index >= 15 is 0 Å². The van der Waals surface area contributed by atoms with Crippen LogP contribution in [0, 0.1) is 6.92 Å². The second kappa shape index (κ2) is 4.01. The van der Waals surface area contributed by atoms with Crippen LogP contribution in [0.4, 0.5) is 13.2 Å². The standard InChI is InChI=1S/C8H10F3N3O/c1-4-13-6(8(9,10)11)5(3-12)7(14-4)15-2/h3,12H2,1-2H3. The molecule has 0 atom stereocenters. The molecule has 7 heteroatoms. The predicted octanol–water partition coefficient (Wildman–Crippen LogP) is 1.27. The number of aryl methyl sites for hydroxylation is 1. The monoisotopic (exact) mass is 221 g/mol. The van der Waals surface area contributed by atoms with Crippen molar-refractivity contribution in [3.05, 3.63) is 17.1 Å². The number of nitrogens with zero attached hydrogens (tertiary/aromatic N) is 2. The average molecular weight is 221 g/mol. The molecule has 84 valence electrons. The minimum Gasteiger partial charge on any atom is -0.481 e. The van der Waals surface area contributed by atoms with Gasteiger partial charge in [0.25, 0.3) is 0 Å². The molecular formula is C8H10F3N3O. The van der Waals surface area contributed by atoms with Gasteiger partial charge in [0.05, 0.1) is 12.7 Å². The van der Waals surface area contributed by atoms with Gasteiger partial charge in [0, 0.05) is 6.54 Å². The van der Waals surface area contributed by atoms with Gasteiger partial charge in [0.15, 0.2) is 5.69 Å². The van der Waals surface area contributed by atoms with Crippen LogP contribution in [0.5, 0.6) is 5.88 Å². The van der Waals surface area contributed by atoms with Crippen molar-refractivity contribution in [2.75, 3.05) is 7.11 Å². The Morgan fingerprint density at radius 2 is 1.93 bits per heavy atom. The lowest BCUT2D eigenvalue weighted by Gasteiger charge is -2.13. The van der Waals surface area contributed by atoms with E-state index in [9.17, 15) is 13.2 Å². The summed E-state index contributed by atoms with van der Waals surface area (Å²) in [5.74, 6) is -0.131. The number of alkyl halides is 3. The Bertz CT molecular complexity index is 365. The van der Waals surface area contributed by atoms with Crippen LogP contribution in [0.1, 0.15) is 17.1 Å². The summed E-state index contributed by atoms with van der Waals surface area (Å²) in [6.07, 6.45) is -4.55. The van der Waals surface area contributed by atoms with Gasteiger partial charge < -0.3 is 10.5 Å². The highest BCUT2D eigenvalue weighted by Gasteiger charge is 2.37. The van der Waals surface area contributed by atoms with E-state index in [1.54, 1.807) is 0 Å². The Labute approximate surface area is 84.3 Å². The Kier molecular flexibility index (Phi) is 3.13. The lowest BCUT2D eigenvalue weighted by Crippen LogP contribution is -2.17. The summed E-state index contributed by atoms with van der Waals surface area (Å²) in [5, 5.41) is 0. The number of methoxy groups -OCH3 is 1. The SMILES string of the molecule is COc1nc(C)nc(C(F)(F)F)c1CN. The molecule has 15 heavy (non-hydrogen) atoms. The van der Waals surface area contributed by atoms with E-state index in [0.717, 1.165) is 0 Å². The molecule has 1 aromatic heterocycles. The fourth-order valence-electron chi connectivity index (χ4n) is 1.16. The van der Waals surface area contributed by atoms with Crippen LogP contribution in [0.3, 0.4) is 0 Å². The first-order chi connectivity index (χ1) is 6.90. The summed E-state index contributed by atoms with van der Waals surface area (Å²) < 4.78 is 42.3. The van der Waals surface area contributed by atoms with E-state index in [1.165, 1.54) is 14.0 Å². The maximum Gasteiger partial charge on any atom is 0.433 e. The average Bonchev–Trinajstić information content (AvgIpc) is 2.15. The van der Waals surface area contributed by atoms with E-state index < -0.39 is 11.9 Å². The van der Waals surface area contributed by atoms with Crippen LogP contribution in [0.25, 0.3) is 0 Å². The van der Waals surface area contributed by atoms with Crippen molar-refractivity contribution >= 4 is 0 Å². The second-order valence-corrected chi connectivity index (χ2v) is 2.81. The van der Waals surface area contributed by atoms with Gasteiger partial charge in [-0.3, -0.25) is 0 Å². The maximum atomic E-state index is 12.5. The molecule has 1 rings (SSSR count). The second-order valence-electron chi connectivity index (χ2n) is 2.81. The first-order valence-electron chi connectivity index (χ1n) is 4.09. The molecule has 2 N–H and O–H groups in total. The van der Waals surface area contributed by atoms with E-state index in [0.29, 0.717) is 0 Å². The van der Waals surface area contributed by atoms with Gasteiger partial charge in [-0.25, -0.2) is 4.98 Å². The number of rotatable bonds is 2. The molecule has 0 aliphatic rings. The highest BCUT2D eigenvalue weighted by molar-refractivity contribution is 5.32. The third-order valence-electron chi connectivity index (χ3n) is 1.75.